The maximum absolute atomic E-state index is 9.48. The number of rotatable bonds is 0. The number of fused-ring (bicyclic) bond motifs is 1. The summed E-state index contributed by atoms with van der Waals surface area (Å²) < 4.78 is 0. The van der Waals surface area contributed by atoms with E-state index >= 15 is 0 Å². The molecule has 0 saturated carbocycles. The molecule has 1 aromatic rings. The zero-order valence-electron chi connectivity index (χ0n) is 6.57. The molecule has 12 heavy (non-hydrogen) atoms. The summed E-state index contributed by atoms with van der Waals surface area (Å²) in [5, 5.41) is 17.1. The van der Waals surface area contributed by atoms with Gasteiger partial charge < -0.3 is 15.9 Å². The average molecular weight is 166 g/mol. The van der Waals surface area contributed by atoms with Gasteiger partial charge in [0.1, 0.15) is 6.10 Å². The van der Waals surface area contributed by atoms with Crippen LogP contribution in [0.25, 0.3) is 0 Å². The zero-order valence-corrected chi connectivity index (χ0v) is 6.57. The maximum Gasteiger partial charge on any atom is 0.208 e. The standard InChI is InChI=1S/C9H11NO2/c10-7-5-3-1-2-4-6(5)8(11)9(7)12/h1-4,7-9,11-12H,10H2/p+1/t7-,8?,9-/m1/s1. The molecule has 64 valence electrons. The Morgan fingerprint density at radius 3 is 2.42 bits per heavy atom. The van der Waals surface area contributed by atoms with Crippen LogP contribution in [-0.2, 0) is 0 Å². The van der Waals surface area contributed by atoms with Gasteiger partial charge in [-0.3, -0.25) is 0 Å². The fourth-order valence-corrected chi connectivity index (χ4v) is 1.67. The monoisotopic (exact) mass is 166 g/mol. The van der Waals surface area contributed by atoms with Crippen LogP contribution in [0.4, 0.5) is 0 Å². The minimum absolute atomic E-state index is 0.385. The van der Waals surface area contributed by atoms with Gasteiger partial charge in [0, 0.05) is 5.56 Å². The molecular formula is C9H12NO2+. The van der Waals surface area contributed by atoms with E-state index in [1.807, 2.05) is 24.3 Å². The van der Waals surface area contributed by atoms with Crippen LogP contribution >= 0.6 is 0 Å². The van der Waals surface area contributed by atoms with Crippen molar-refractivity contribution in [3.63, 3.8) is 0 Å². The Hall–Kier alpha value is -0.900. The van der Waals surface area contributed by atoms with Crippen molar-refractivity contribution in [3.8, 4) is 0 Å². The molecule has 0 heterocycles. The van der Waals surface area contributed by atoms with Crippen molar-refractivity contribution in [1.82, 2.24) is 0 Å². The Bertz CT molecular complexity index is 271. The predicted octanol–water partition coefficient (Wildman–Crippen LogP) is -0.173. The van der Waals surface area contributed by atoms with E-state index in [0.717, 1.165) is 11.1 Å². The first-order valence-corrected chi connectivity index (χ1v) is 3.95. The molecular weight excluding hydrogens is 154 g/mol. The summed E-state index contributed by atoms with van der Waals surface area (Å²) in [6.07, 6.45) is -1.32. The highest BCUT2D eigenvalue weighted by Crippen LogP contribution is 2.36. The summed E-state index contributed by atoms with van der Waals surface area (Å²) in [5.41, 5.74) is 7.48. The summed E-state index contributed by atoms with van der Waals surface area (Å²) >= 11 is 0. The summed E-state index contributed by atoms with van der Waals surface area (Å²) in [7, 11) is 0. The van der Waals surface area contributed by atoms with Gasteiger partial charge in [-0.05, 0) is 5.56 Å². The molecule has 3 atom stereocenters. The molecule has 0 saturated heterocycles. The van der Waals surface area contributed by atoms with E-state index < -0.39 is 12.2 Å². The smallest absolute Gasteiger partial charge is 0.208 e. The summed E-state index contributed by atoms with van der Waals surface area (Å²) in [4.78, 5) is 0. The Morgan fingerprint density at radius 2 is 1.83 bits per heavy atom. The van der Waals surface area contributed by atoms with Crippen molar-refractivity contribution in [1.29, 1.82) is 0 Å². The minimum Gasteiger partial charge on any atom is -0.438 e. The normalized spacial score (nSPS) is 33.4. The van der Waals surface area contributed by atoms with E-state index in [2.05, 4.69) is 0 Å². The van der Waals surface area contributed by atoms with E-state index in [9.17, 15) is 5.11 Å². The number of hydrogen-bond donors (Lipinski definition) is 2. The minimum atomic E-state index is -0.748. The topological polar surface area (TPSA) is 69.2 Å². The lowest BCUT2D eigenvalue weighted by Gasteiger charge is -2.08. The van der Waals surface area contributed by atoms with Crippen molar-refractivity contribution in [2.75, 3.05) is 0 Å². The Balaban J connectivity index is 2.52. The molecule has 5 N–H and O–H groups in total. The van der Waals surface area contributed by atoms with Gasteiger partial charge in [-0.2, -0.15) is 0 Å². The molecule has 2 rings (SSSR count). The zero-order chi connectivity index (χ0) is 8.72. The van der Waals surface area contributed by atoms with Gasteiger partial charge in [-0.15, -0.1) is 0 Å². The van der Waals surface area contributed by atoms with Crippen LogP contribution in [0, 0.1) is 0 Å². The molecule has 0 bridgehead atoms. The van der Waals surface area contributed by atoms with Crippen molar-refractivity contribution in [2.45, 2.75) is 18.2 Å². The van der Waals surface area contributed by atoms with E-state index in [1.54, 1.807) is 0 Å². The second kappa shape index (κ2) is 2.55. The van der Waals surface area contributed by atoms with Crippen molar-refractivity contribution >= 4 is 0 Å². The first-order valence-electron chi connectivity index (χ1n) is 3.95. The van der Waals surface area contributed by atoms with Gasteiger partial charge in [0.15, 0.2) is 0 Å². The molecule has 0 spiro atoms. The van der Waals surface area contributed by atoms with Gasteiger partial charge in [-0.25, -0.2) is 0 Å². The average Bonchev–Trinajstić information content (AvgIpc) is 2.33. The van der Waals surface area contributed by atoms with Gasteiger partial charge in [0.05, 0.1) is 6.04 Å². The third kappa shape index (κ3) is 0.876. The SMILES string of the molecule is N[C@@H]1c2ccccc2C([OH2+])[C@@H]1O. The highest BCUT2D eigenvalue weighted by atomic mass is 16.3. The lowest BCUT2D eigenvalue weighted by Crippen LogP contribution is -2.24. The van der Waals surface area contributed by atoms with Crippen LogP contribution in [0.15, 0.2) is 24.3 Å². The maximum atomic E-state index is 9.48. The number of nitrogens with two attached hydrogens (primary N) is 1. The van der Waals surface area contributed by atoms with Gasteiger partial charge in [0.25, 0.3) is 0 Å². The van der Waals surface area contributed by atoms with Crippen LogP contribution in [0.2, 0.25) is 0 Å². The fraction of sp³-hybridized carbons (Fsp3) is 0.333. The molecule has 0 radical (unpaired) electrons. The number of hydrogen-bond acceptors (Lipinski definition) is 2. The van der Waals surface area contributed by atoms with Crippen LogP contribution in [-0.4, -0.2) is 16.3 Å². The second-order valence-electron chi connectivity index (χ2n) is 3.12. The Labute approximate surface area is 70.4 Å². The largest absolute Gasteiger partial charge is 0.438 e. The highest BCUT2D eigenvalue weighted by Gasteiger charge is 2.39. The van der Waals surface area contributed by atoms with E-state index in [1.165, 1.54) is 0 Å². The quantitative estimate of drug-likeness (QED) is 0.525. The van der Waals surface area contributed by atoms with E-state index in [0.29, 0.717) is 0 Å². The lowest BCUT2D eigenvalue weighted by molar-refractivity contribution is 0.0181. The van der Waals surface area contributed by atoms with Crippen molar-refractivity contribution in [3.05, 3.63) is 35.4 Å². The number of aliphatic hydroxyl groups is 1. The summed E-state index contributed by atoms with van der Waals surface area (Å²) in [5.74, 6) is 0. The number of benzene rings is 1. The predicted molar refractivity (Wildman–Crippen MR) is 45.7 cm³/mol. The van der Waals surface area contributed by atoms with Crippen LogP contribution in [0.3, 0.4) is 0 Å². The van der Waals surface area contributed by atoms with Crippen molar-refractivity contribution in [2.24, 2.45) is 5.73 Å². The highest BCUT2D eigenvalue weighted by molar-refractivity contribution is 5.38. The van der Waals surface area contributed by atoms with E-state index in [4.69, 9.17) is 10.8 Å². The van der Waals surface area contributed by atoms with Crippen LogP contribution in [0.1, 0.15) is 23.3 Å². The molecule has 0 aliphatic heterocycles. The van der Waals surface area contributed by atoms with Gasteiger partial charge in [0.2, 0.25) is 6.10 Å². The third-order valence-corrected chi connectivity index (χ3v) is 2.40. The number of aliphatic hydroxyl groups excluding tert-OH is 1. The molecule has 0 aromatic heterocycles. The second-order valence-corrected chi connectivity index (χ2v) is 3.12. The molecule has 3 nitrogen and oxygen atoms in total. The summed E-state index contributed by atoms with van der Waals surface area (Å²) in [6, 6.07) is 7.08. The molecule has 1 aliphatic rings. The Kier molecular flexibility index (Phi) is 1.65. The lowest BCUT2D eigenvalue weighted by atomic mass is 10.1. The first kappa shape index (κ1) is 7.73. The van der Waals surface area contributed by atoms with Crippen molar-refractivity contribution < 1.29 is 10.2 Å². The van der Waals surface area contributed by atoms with Crippen LogP contribution < -0.4 is 5.73 Å². The van der Waals surface area contributed by atoms with Gasteiger partial charge >= 0.3 is 0 Å². The third-order valence-electron chi connectivity index (χ3n) is 2.40. The molecule has 0 fully saturated rings. The van der Waals surface area contributed by atoms with E-state index in [-0.39, 0.29) is 6.04 Å². The summed E-state index contributed by atoms with van der Waals surface area (Å²) in [6.45, 7) is 0. The van der Waals surface area contributed by atoms with Gasteiger partial charge in [-0.1, -0.05) is 24.3 Å². The molecule has 1 aliphatic carbocycles. The fourth-order valence-electron chi connectivity index (χ4n) is 1.67. The molecule has 3 heteroatoms. The van der Waals surface area contributed by atoms with Crippen LogP contribution in [0.5, 0.6) is 0 Å². The first-order chi connectivity index (χ1) is 5.72. The Morgan fingerprint density at radius 1 is 1.25 bits per heavy atom. The molecule has 1 aromatic carbocycles. The molecule has 1 unspecified atom stereocenters. The molecule has 0 amide bonds.